The molecule has 0 aromatic carbocycles. The number of hydrogen-bond acceptors (Lipinski definition) is 6. The van der Waals surface area contributed by atoms with Gasteiger partial charge in [-0.1, -0.05) is 0 Å². The fourth-order valence-corrected chi connectivity index (χ4v) is 3.71. The normalized spacial score (nSPS) is 15.2. The number of nitrogens with zero attached hydrogens (tertiary/aromatic N) is 2. The predicted molar refractivity (Wildman–Crippen MR) is 90.8 cm³/mol. The number of likely N-dealkylation sites (tertiary alicyclic amines) is 1. The molecule has 132 valence electrons. The molecule has 0 atom stereocenters. The first-order valence-corrected chi connectivity index (χ1v) is 8.64. The lowest BCUT2D eigenvalue weighted by Crippen LogP contribution is -2.46. The van der Waals surface area contributed by atoms with Crippen LogP contribution in [0.25, 0.3) is 0 Å². The fourth-order valence-electron chi connectivity index (χ4n) is 2.82. The van der Waals surface area contributed by atoms with Gasteiger partial charge in [-0.05, 0) is 25.8 Å². The fraction of sp³-hybridized carbons (Fsp3) is 0.375. The lowest BCUT2D eigenvalue weighted by molar-refractivity contribution is -0.385. The molecule has 2 amide bonds. The number of piperidine rings is 1. The summed E-state index contributed by atoms with van der Waals surface area (Å²) in [5.41, 5.74) is 0.486. The zero-order valence-electron chi connectivity index (χ0n) is 13.6. The lowest BCUT2D eigenvalue weighted by Gasteiger charge is -2.32. The zero-order valence-corrected chi connectivity index (χ0v) is 14.4. The first-order valence-electron chi connectivity index (χ1n) is 7.83. The second kappa shape index (κ2) is 7.06. The van der Waals surface area contributed by atoms with Crippen LogP contribution < -0.4 is 5.32 Å². The highest BCUT2D eigenvalue weighted by atomic mass is 32.1. The summed E-state index contributed by atoms with van der Waals surface area (Å²) in [5.74, 6) is -0.385. The quantitative estimate of drug-likeness (QED) is 0.664. The third-order valence-electron chi connectivity index (χ3n) is 4.20. The van der Waals surface area contributed by atoms with E-state index in [0.717, 1.165) is 11.3 Å². The summed E-state index contributed by atoms with van der Waals surface area (Å²) in [6, 6.07) is 2.89. The van der Waals surface area contributed by atoms with Gasteiger partial charge in [0.05, 0.1) is 26.5 Å². The summed E-state index contributed by atoms with van der Waals surface area (Å²) < 4.78 is 4.93. The van der Waals surface area contributed by atoms with E-state index in [9.17, 15) is 19.7 Å². The molecule has 1 N–H and O–H groups in total. The molecule has 0 aliphatic carbocycles. The highest BCUT2D eigenvalue weighted by Crippen LogP contribution is 2.28. The molecule has 0 unspecified atom stereocenters. The Balaban J connectivity index is 1.55. The van der Waals surface area contributed by atoms with Gasteiger partial charge in [-0.3, -0.25) is 19.7 Å². The van der Waals surface area contributed by atoms with Gasteiger partial charge in [0, 0.05) is 25.2 Å². The number of carbonyl (C=O) groups excluding carboxylic acids is 2. The molecule has 1 saturated heterocycles. The minimum atomic E-state index is -0.484. The van der Waals surface area contributed by atoms with Crippen molar-refractivity contribution in [2.75, 3.05) is 13.1 Å². The number of carbonyl (C=O) groups is 2. The molecule has 3 rings (SSSR count). The van der Waals surface area contributed by atoms with E-state index in [0.29, 0.717) is 41.2 Å². The van der Waals surface area contributed by atoms with Crippen molar-refractivity contribution in [3.05, 3.63) is 50.1 Å². The zero-order chi connectivity index (χ0) is 18.0. The monoisotopic (exact) mass is 363 g/mol. The maximum absolute atomic E-state index is 12.3. The van der Waals surface area contributed by atoms with Gasteiger partial charge in [-0.25, -0.2) is 0 Å². The number of nitro groups is 1. The van der Waals surface area contributed by atoms with E-state index in [1.54, 1.807) is 17.9 Å². The highest BCUT2D eigenvalue weighted by molar-refractivity contribution is 7.14. The largest absolute Gasteiger partial charge is 0.472 e. The number of furan rings is 1. The van der Waals surface area contributed by atoms with Gasteiger partial charge in [-0.15, -0.1) is 11.3 Å². The van der Waals surface area contributed by atoms with Crippen LogP contribution in [0, 0.1) is 17.0 Å². The molecule has 2 aromatic rings. The minimum absolute atomic E-state index is 0.0318. The van der Waals surface area contributed by atoms with Crippen molar-refractivity contribution in [3.63, 3.8) is 0 Å². The number of hydrogen-bond donors (Lipinski definition) is 1. The van der Waals surface area contributed by atoms with E-state index in [1.807, 2.05) is 0 Å². The second-order valence-corrected chi connectivity index (χ2v) is 7.12. The Morgan fingerprint density at radius 1 is 1.40 bits per heavy atom. The van der Waals surface area contributed by atoms with Crippen molar-refractivity contribution < 1.29 is 18.9 Å². The van der Waals surface area contributed by atoms with Crippen LogP contribution in [0.5, 0.6) is 0 Å². The minimum Gasteiger partial charge on any atom is -0.472 e. The Hall–Kier alpha value is -2.68. The molecular weight excluding hydrogens is 346 g/mol. The number of aryl methyl sites for hydroxylation is 1. The Labute approximate surface area is 147 Å². The van der Waals surface area contributed by atoms with Crippen LogP contribution in [0.3, 0.4) is 0 Å². The number of thiophene rings is 1. The summed E-state index contributed by atoms with van der Waals surface area (Å²) in [6.45, 7) is 2.71. The van der Waals surface area contributed by atoms with E-state index in [4.69, 9.17) is 4.42 Å². The maximum atomic E-state index is 12.3. The third-order valence-corrected chi connectivity index (χ3v) is 5.24. The van der Waals surface area contributed by atoms with Gasteiger partial charge in [0.2, 0.25) is 0 Å². The summed E-state index contributed by atoms with van der Waals surface area (Å²) in [4.78, 5) is 37.5. The van der Waals surface area contributed by atoms with Crippen LogP contribution in [-0.4, -0.2) is 40.8 Å². The third kappa shape index (κ3) is 3.71. The smallest absolute Gasteiger partial charge is 0.283 e. The van der Waals surface area contributed by atoms with Crippen LogP contribution in [-0.2, 0) is 0 Å². The standard InChI is InChI=1S/C16H17N3O5S/c1-10-13(19(22)23)8-14(25-10)15(20)17-12-2-5-18(6-3-12)16(21)11-4-7-24-9-11/h4,7-9,12H,2-3,5-6H2,1H3,(H,17,20). The van der Waals surface area contributed by atoms with E-state index >= 15 is 0 Å². The van der Waals surface area contributed by atoms with Gasteiger partial charge < -0.3 is 14.6 Å². The van der Waals surface area contributed by atoms with Crippen LogP contribution in [0.2, 0.25) is 0 Å². The average molecular weight is 363 g/mol. The molecule has 25 heavy (non-hydrogen) atoms. The summed E-state index contributed by atoms with van der Waals surface area (Å²) in [6.07, 6.45) is 4.16. The summed E-state index contributed by atoms with van der Waals surface area (Å²) in [7, 11) is 0. The van der Waals surface area contributed by atoms with Gasteiger partial charge in [0.25, 0.3) is 17.5 Å². The molecule has 1 fully saturated rings. The molecular formula is C16H17N3O5S. The van der Waals surface area contributed by atoms with E-state index in [2.05, 4.69) is 5.32 Å². The molecule has 9 heteroatoms. The van der Waals surface area contributed by atoms with E-state index < -0.39 is 4.92 Å². The molecule has 0 saturated carbocycles. The van der Waals surface area contributed by atoms with Gasteiger partial charge >= 0.3 is 0 Å². The Morgan fingerprint density at radius 3 is 2.68 bits per heavy atom. The summed E-state index contributed by atoms with van der Waals surface area (Å²) >= 11 is 1.11. The molecule has 1 aliphatic heterocycles. The lowest BCUT2D eigenvalue weighted by atomic mass is 10.0. The van der Waals surface area contributed by atoms with E-state index in [-0.39, 0.29) is 23.5 Å². The van der Waals surface area contributed by atoms with Crippen LogP contribution in [0.1, 0.15) is 37.7 Å². The van der Waals surface area contributed by atoms with Crippen molar-refractivity contribution in [3.8, 4) is 0 Å². The first-order chi connectivity index (χ1) is 12.0. The number of nitrogens with one attached hydrogen (secondary N) is 1. The van der Waals surface area contributed by atoms with Crippen molar-refractivity contribution in [2.45, 2.75) is 25.8 Å². The predicted octanol–water partition coefficient (Wildman–Crippen LogP) is 2.59. The molecule has 2 aromatic heterocycles. The topological polar surface area (TPSA) is 106 Å². The average Bonchev–Trinajstić information content (AvgIpc) is 3.24. The Kier molecular flexibility index (Phi) is 4.84. The van der Waals surface area contributed by atoms with Crippen LogP contribution in [0.4, 0.5) is 5.69 Å². The Bertz CT molecular complexity index is 791. The molecule has 1 aliphatic rings. The van der Waals surface area contributed by atoms with Crippen molar-refractivity contribution >= 4 is 28.8 Å². The van der Waals surface area contributed by atoms with Crippen molar-refractivity contribution in [1.29, 1.82) is 0 Å². The van der Waals surface area contributed by atoms with Gasteiger partial charge in [-0.2, -0.15) is 0 Å². The molecule has 0 radical (unpaired) electrons. The van der Waals surface area contributed by atoms with Gasteiger partial charge in [0.1, 0.15) is 6.26 Å². The van der Waals surface area contributed by atoms with Crippen LogP contribution in [0.15, 0.2) is 29.1 Å². The van der Waals surface area contributed by atoms with Crippen molar-refractivity contribution in [2.24, 2.45) is 0 Å². The molecule has 0 spiro atoms. The molecule has 0 bridgehead atoms. The number of rotatable bonds is 4. The molecule has 3 heterocycles. The van der Waals surface area contributed by atoms with Crippen molar-refractivity contribution in [1.82, 2.24) is 10.2 Å². The second-order valence-electron chi connectivity index (χ2n) is 5.86. The Morgan fingerprint density at radius 2 is 2.12 bits per heavy atom. The summed E-state index contributed by atoms with van der Waals surface area (Å²) in [5, 5.41) is 13.8. The van der Waals surface area contributed by atoms with Crippen LogP contribution >= 0.6 is 11.3 Å². The van der Waals surface area contributed by atoms with Gasteiger partial charge in [0.15, 0.2) is 0 Å². The maximum Gasteiger partial charge on any atom is 0.283 e. The first kappa shape index (κ1) is 17.2. The number of amides is 2. The van der Waals surface area contributed by atoms with E-state index in [1.165, 1.54) is 18.6 Å². The SMILES string of the molecule is Cc1sc(C(=O)NC2CCN(C(=O)c3ccoc3)CC2)cc1[N+](=O)[O-]. The highest BCUT2D eigenvalue weighted by Gasteiger charge is 2.26. The molecule has 8 nitrogen and oxygen atoms in total.